The minimum absolute atomic E-state index is 0.0347. The fourth-order valence-corrected chi connectivity index (χ4v) is 4.32. The Morgan fingerprint density at radius 3 is 2.19 bits per heavy atom. The summed E-state index contributed by atoms with van der Waals surface area (Å²) in [6.07, 6.45) is 1.73. The van der Waals surface area contributed by atoms with E-state index in [0.717, 1.165) is 35.5 Å². The molecule has 2 aromatic carbocycles. The van der Waals surface area contributed by atoms with E-state index >= 15 is 0 Å². The molecule has 1 fully saturated rings. The van der Waals surface area contributed by atoms with Crippen LogP contribution in [0.15, 0.2) is 71.8 Å². The molecule has 11 nitrogen and oxygen atoms in total. The molecule has 4 N–H and O–H groups in total. The standard InChI is InChI=1S/C24H23N7O4S/c25-36(33,34)19-9-7-18(8-10-19)28-24(32)27-17-5-3-16(4-6-17)22-29-20-2-1-11-26-21(20)23(30-22)31-12-14-35-15-13-31/h1-11H,12-15H2,(H2,25,33,34)(H2,27,28,32). The molecule has 0 unspecified atom stereocenters. The summed E-state index contributed by atoms with van der Waals surface area (Å²) in [4.78, 5) is 28.5. The number of nitrogens with two attached hydrogens (primary N) is 1. The largest absolute Gasteiger partial charge is 0.378 e. The van der Waals surface area contributed by atoms with E-state index in [0.29, 0.717) is 30.4 Å². The van der Waals surface area contributed by atoms with Gasteiger partial charge >= 0.3 is 6.03 Å². The number of pyridine rings is 1. The van der Waals surface area contributed by atoms with Gasteiger partial charge in [0.05, 0.1) is 23.6 Å². The first kappa shape index (κ1) is 23.6. The molecule has 1 saturated heterocycles. The Bertz CT molecular complexity index is 1500. The van der Waals surface area contributed by atoms with Crippen molar-refractivity contribution in [1.29, 1.82) is 0 Å². The molecule has 12 heteroatoms. The van der Waals surface area contributed by atoms with E-state index in [1.165, 1.54) is 24.3 Å². The van der Waals surface area contributed by atoms with Crippen LogP contribution >= 0.6 is 0 Å². The number of urea groups is 1. The summed E-state index contributed by atoms with van der Waals surface area (Å²) < 4.78 is 28.2. The number of benzene rings is 2. The molecular weight excluding hydrogens is 482 g/mol. The number of hydrogen-bond donors (Lipinski definition) is 3. The highest BCUT2D eigenvalue weighted by Crippen LogP contribution is 2.27. The zero-order valence-corrected chi connectivity index (χ0v) is 19.9. The zero-order chi connectivity index (χ0) is 25.1. The number of anilines is 3. The zero-order valence-electron chi connectivity index (χ0n) is 19.1. The van der Waals surface area contributed by atoms with Crippen molar-refractivity contribution in [3.05, 3.63) is 66.9 Å². The second-order valence-electron chi connectivity index (χ2n) is 8.07. The first-order chi connectivity index (χ1) is 17.4. The SMILES string of the molecule is NS(=O)(=O)c1ccc(NC(=O)Nc2ccc(-c3nc(N4CCOCC4)c4ncccc4n3)cc2)cc1. The van der Waals surface area contributed by atoms with E-state index in [4.69, 9.17) is 14.9 Å². The van der Waals surface area contributed by atoms with E-state index in [9.17, 15) is 13.2 Å². The number of aromatic nitrogens is 3. The van der Waals surface area contributed by atoms with Crippen LogP contribution in [0.3, 0.4) is 0 Å². The van der Waals surface area contributed by atoms with Gasteiger partial charge < -0.3 is 20.3 Å². The molecule has 184 valence electrons. The van der Waals surface area contributed by atoms with Crippen LogP contribution in [0, 0.1) is 0 Å². The van der Waals surface area contributed by atoms with Crippen LogP contribution in [0.25, 0.3) is 22.4 Å². The van der Waals surface area contributed by atoms with Crippen LogP contribution in [0.5, 0.6) is 0 Å². The molecule has 1 aliphatic heterocycles. The fourth-order valence-electron chi connectivity index (χ4n) is 3.80. The predicted octanol–water partition coefficient (Wildman–Crippen LogP) is 2.82. The molecule has 2 amide bonds. The van der Waals surface area contributed by atoms with Gasteiger partial charge in [0.1, 0.15) is 5.52 Å². The minimum atomic E-state index is -3.80. The highest BCUT2D eigenvalue weighted by molar-refractivity contribution is 7.89. The highest BCUT2D eigenvalue weighted by Gasteiger charge is 2.19. The number of hydrogen-bond acceptors (Lipinski definition) is 8. The van der Waals surface area contributed by atoms with Crippen LogP contribution in [0.4, 0.5) is 22.0 Å². The molecule has 0 aliphatic carbocycles. The Balaban J connectivity index is 1.32. The van der Waals surface area contributed by atoms with Gasteiger partial charge in [-0.1, -0.05) is 0 Å². The molecule has 3 heterocycles. The third kappa shape index (κ3) is 5.25. The third-order valence-corrected chi connectivity index (χ3v) is 6.52. The Morgan fingerprint density at radius 1 is 0.917 bits per heavy atom. The van der Waals surface area contributed by atoms with Gasteiger partial charge in [-0.25, -0.2) is 28.3 Å². The first-order valence-corrected chi connectivity index (χ1v) is 12.7. The van der Waals surface area contributed by atoms with E-state index < -0.39 is 16.1 Å². The van der Waals surface area contributed by atoms with E-state index in [-0.39, 0.29) is 4.90 Å². The lowest BCUT2D eigenvalue weighted by Gasteiger charge is -2.28. The second kappa shape index (κ2) is 9.85. The molecule has 4 aromatic rings. The smallest absolute Gasteiger partial charge is 0.323 e. The molecule has 0 bridgehead atoms. The number of carbonyl (C=O) groups is 1. The van der Waals surface area contributed by atoms with Crippen molar-refractivity contribution in [1.82, 2.24) is 15.0 Å². The van der Waals surface area contributed by atoms with Crippen LogP contribution in [0.1, 0.15) is 0 Å². The van der Waals surface area contributed by atoms with E-state index in [1.54, 1.807) is 18.3 Å². The lowest BCUT2D eigenvalue weighted by Crippen LogP contribution is -2.37. The maximum absolute atomic E-state index is 12.4. The minimum Gasteiger partial charge on any atom is -0.378 e. The van der Waals surface area contributed by atoms with Crippen molar-refractivity contribution in [3.8, 4) is 11.4 Å². The van der Waals surface area contributed by atoms with E-state index in [1.807, 2.05) is 24.3 Å². The average Bonchev–Trinajstić information content (AvgIpc) is 2.89. The van der Waals surface area contributed by atoms with Crippen molar-refractivity contribution in [2.75, 3.05) is 41.8 Å². The van der Waals surface area contributed by atoms with Gasteiger partial charge in [-0.05, 0) is 60.7 Å². The van der Waals surface area contributed by atoms with Gasteiger partial charge in [0.15, 0.2) is 11.6 Å². The maximum Gasteiger partial charge on any atom is 0.323 e. The van der Waals surface area contributed by atoms with Gasteiger partial charge in [0.2, 0.25) is 10.0 Å². The number of carbonyl (C=O) groups excluding carboxylic acids is 1. The summed E-state index contributed by atoms with van der Waals surface area (Å²) in [6, 6.07) is 16.0. The molecule has 0 radical (unpaired) electrons. The van der Waals surface area contributed by atoms with Gasteiger partial charge in [-0.2, -0.15) is 0 Å². The number of morpholine rings is 1. The summed E-state index contributed by atoms with van der Waals surface area (Å²) >= 11 is 0. The Kier molecular flexibility index (Phi) is 6.46. The Morgan fingerprint density at radius 2 is 1.56 bits per heavy atom. The second-order valence-corrected chi connectivity index (χ2v) is 9.63. The van der Waals surface area contributed by atoms with Crippen LogP contribution in [-0.2, 0) is 14.8 Å². The normalized spacial score (nSPS) is 14.0. The van der Waals surface area contributed by atoms with Gasteiger partial charge in [-0.15, -0.1) is 0 Å². The number of primary sulfonamides is 1. The summed E-state index contributed by atoms with van der Waals surface area (Å²) in [7, 11) is -3.80. The quantitative estimate of drug-likeness (QED) is 0.374. The molecule has 0 spiro atoms. The molecule has 36 heavy (non-hydrogen) atoms. The van der Waals surface area contributed by atoms with Gasteiger partial charge in [0, 0.05) is 36.2 Å². The number of amides is 2. The van der Waals surface area contributed by atoms with Crippen molar-refractivity contribution >= 4 is 44.3 Å². The lowest BCUT2D eigenvalue weighted by atomic mass is 10.2. The third-order valence-electron chi connectivity index (χ3n) is 5.59. The molecule has 0 saturated carbocycles. The topological polar surface area (TPSA) is 152 Å². The fraction of sp³-hybridized carbons (Fsp3) is 0.167. The number of fused-ring (bicyclic) bond motifs is 1. The van der Waals surface area contributed by atoms with Gasteiger partial charge in [-0.3, -0.25) is 4.98 Å². The van der Waals surface area contributed by atoms with Crippen molar-refractivity contribution in [3.63, 3.8) is 0 Å². The number of ether oxygens (including phenoxy) is 1. The molecular formula is C24H23N7O4S. The van der Waals surface area contributed by atoms with Crippen LogP contribution < -0.4 is 20.7 Å². The molecule has 5 rings (SSSR count). The van der Waals surface area contributed by atoms with Crippen molar-refractivity contribution in [2.45, 2.75) is 4.90 Å². The Hall–Kier alpha value is -4.13. The highest BCUT2D eigenvalue weighted by atomic mass is 32.2. The van der Waals surface area contributed by atoms with E-state index in [2.05, 4.69) is 25.5 Å². The molecule has 2 aromatic heterocycles. The lowest BCUT2D eigenvalue weighted by molar-refractivity contribution is 0.122. The number of nitrogens with zero attached hydrogens (tertiary/aromatic N) is 4. The van der Waals surface area contributed by atoms with Gasteiger partial charge in [0.25, 0.3) is 0 Å². The summed E-state index contributed by atoms with van der Waals surface area (Å²) in [5, 5.41) is 10.5. The van der Waals surface area contributed by atoms with Crippen LogP contribution in [0.2, 0.25) is 0 Å². The molecule has 0 atom stereocenters. The number of sulfonamides is 1. The summed E-state index contributed by atoms with van der Waals surface area (Å²) in [6.45, 7) is 2.72. The van der Waals surface area contributed by atoms with Crippen molar-refractivity contribution in [2.24, 2.45) is 5.14 Å². The predicted molar refractivity (Wildman–Crippen MR) is 136 cm³/mol. The van der Waals surface area contributed by atoms with Crippen LogP contribution in [-0.4, -0.2) is 55.7 Å². The first-order valence-electron chi connectivity index (χ1n) is 11.1. The average molecular weight is 506 g/mol. The van der Waals surface area contributed by atoms with Crippen molar-refractivity contribution < 1.29 is 17.9 Å². The monoisotopic (exact) mass is 505 g/mol. The molecule has 1 aliphatic rings. The Labute approximate surface area is 207 Å². The number of rotatable bonds is 5. The number of nitrogens with one attached hydrogen (secondary N) is 2. The summed E-state index contributed by atoms with van der Waals surface area (Å²) in [5.41, 5.74) is 3.27. The maximum atomic E-state index is 12.4. The summed E-state index contributed by atoms with van der Waals surface area (Å²) in [5.74, 6) is 1.33.